The average molecular weight is 334 g/mol. The Morgan fingerprint density at radius 2 is 1.62 bits per heavy atom. The van der Waals surface area contributed by atoms with Gasteiger partial charge in [0.15, 0.2) is 0 Å². The van der Waals surface area contributed by atoms with E-state index < -0.39 is 0 Å². The molecule has 0 saturated carbocycles. The number of ether oxygens (including phenoxy) is 3. The molecule has 0 unspecified atom stereocenters. The number of fused-ring (bicyclic) bond motifs is 3. The van der Waals surface area contributed by atoms with Gasteiger partial charge in [-0.1, -0.05) is 6.58 Å². The molecule has 6 heteroatoms. The molecule has 1 aromatic rings. The summed E-state index contributed by atoms with van der Waals surface area (Å²) in [6.45, 7) is 9.09. The van der Waals surface area contributed by atoms with Crippen molar-refractivity contribution in [2.45, 2.75) is 25.9 Å². The molecule has 2 heterocycles. The quantitative estimate of drug-likeness (QED) is 0.579. The van der Waals surface area contributed by atoms with Crippen molar-refractivity contribution in [1.29, 1.82) is 0 Å². The number of hydrogen-bond acceptors (Lipinski definition) is 6. The molecule has 2 aliphatic rings. The highest BCUT2D eigenvalue weighted by Gasteiger charge is 2.26. The Balaban J connectivity index is 1.67. The molecule has 6 nitrogen and oxygen atoms in total. The van der Waals surface area contributed by atoms with E-state index in [0.717, 1.165) is 50.5 Å². The van der Waals surface area contributed by atoms with Crippen molar-refractivity contribution in [2.24, 2.45) is 0 Å². The van der Waals surface area contributed by atoms with Crippen LogP contribution in [0.1, 0.15) is 24.0 Å². The number of benzene rings is 1. The molecule has 1 aromatic carbocycles. The van der Waals surface area contributed by atoms with Crippen LogP contribution in [0.15, 0.2) is 25.0 Å². The molecule has 0 aliphatic carbocycles. The maximum absolute atomic E-state index is 9.03. The summed E-state index contributed by atoms with van der Waals surface area (Å²) in [7, 11) is 0. The maximum atomic E-state index is 9.03. The topological polar surface area (TPSA) is 54.4 Å². The van der Waals surface area contributed by atoms with Gasteiger partial charge < -0.3 is 19.3 Å². The van der Waals surface area contributed by atoms with Crippen LogP contribution in [-0.2, 0) is 17.8 Å². The van der Waals surface area contributed by atoms with Crippen molar-refractivity contribution in [1.82, 2.24) is 9.80 Å². The van der Waals surface area contributed by atoms with Gasteiger partial charge in [0.25, 0.3) is 0 Å². The average Bonchev–Trinajstić information content (AvgIpc) is 2.63. The minimum Gasteiger partial charge on any atom is -0.502 e. The fourth-order valence-corrected chi connectivity index (χ4v) is 3.16. The lowest BCUT2D eigenvalue weighted by Gasteiger charge is -2.35. The van der Waals surface area contributed by atoms with Crippen LogP contribution in [0.2, 0.25) is 0 Å². The SMILES string of the molecule is C=COCCCN1COc2ccc3c(c2C1)CN(CCCO)CO3. The first-order valence-corrected chi connectivity index (χ1v) is 8.50. The van der Waals surface area contributed by atoms with E-state index in [1.165, 1.54) is 17.4 Å². The summed E-state index contributed by atoms with van der Waals surface area (Å²) in [5, 5.41) is 9.03. The van der Waals surface area contributed by atoms with Crippen LogP contribution in [0.4, 0.5) is 0 Å². The molecule has 0 amide bonds. The Hall–Kier alpha value is -1.76. The van der Waals surface area contributed by atoms with Crippen LogP contribution in [0, 0.1) is 0 Å². The van der Waals surface area contributed by atoms with Crippen molar-refractivity contribution in [3.05, 3.63) is 36.1 Å². The highest BCUT2D eigenvalue weighted by Crippen LogP contribution is 2.37. The van der Waals surface area contributed by atoms with Crippen LogP contribution >= 0.6 is 0 Å². The van der Waals surface area contributed by atoms with Gasteiger partial charge in [0, 0.05) is 43.9 Å². The van der Waals surface area contributed by atoms with Crippen LogP contribution in [0.3, 0.4) is 0 Å². The van der Waals surface area contributed by atoms with E-state index in [4.69, 9.17) is 19.3 Å². The molecule has 24 heavy (non-hydrogen) atoms. The second kappa shape index (κ2) is 8.37. The predicted octanol–water partition coefficient (Wildman–Crippen LogP) is 1.92. The second-order valence-corrected chi connectivity index (χ2v) is 6.14. The Morgan fingerprint density at radius 1 is 1.04 bits per heavy atom. The van der Waals surface area contributed by atoms with Gasteiger partial charge >= 0.3 is 0 Å². The van der Waals surface area contributed by atoms with E-state index in [-0.39, 0.29) is 6.61 Å². The lowest BCUT2D eigenvalue weighted by atomic mass is 10.0. The molecule has 0 spiro atoms. The molecule has 132 valence electrons. The molecule has 0 atom stereocenters. The van der Waals surface area contributed by atoms with E-state index in [0.29, 0.717) is 20.1 Å². The van der Waals surface area contributed by atoms with E-state index in [9.17, 15) is 0 Å². The van der Waals surface area contributed by atoms with Gasteiger partial charge in [-0.3, -0.25) is 9.80 Å². The molecule has 0 saturated heterocycles. The third-order valence-electron chi connectivity index (χ3n) is 4.40. The molecular formula is C18H26N2O4. The summed E-state index contributed by atoms with van der Waals surface area (Å²) in [6.07, 6.45) is 3.19. The Morgan fingerprint density at radius 3 is 2.17 bits per heavy atom. The van der Waals surface area contributed by atoms with Gasteiger partial charge in [-0.05, 0) is 25.0 Å². The number of rotatable bonds is 8. The van der Waals surface area contributed by atoms with E-state index >= 15 is 0 Å². The molecule has 0 radical (unpaired) electrons. The summed E-state index contributed by atoms with van der Waals surface area (Å²) in [4.78, 5) is 4.50. The maximum Gasteiger partial charge on any atom is 0.142 e. The predicted molar refractivity (Wildman–Crippen MR) is 90.7 cm³/mol. The van der Waals surface area contributed by atoms with Crippen molar-refractivity contribution in [3.63, 3.8) is 0 Å². The van der Waals surface area contributed by atoms with Gasteiger partial charge in [0.1, 0.15) is 25.0 Å². The number of hydrogen-bond donors (Lipinski definition) is 1. The number of aliphatic hydroxyl groups is 1. The zero-order valence-electron chi connectivity index (χ0n) is 14.1. The minimum atomic E-state index is 0.208. The molecule has 0 bridgehead atoms. The van der Waals surface area contributed by atoms with E-state index in [2.05, 4.69) is 16.4 Å². The minimum absolute atomic E-state index is 0.208. The first-order chi connectivity index (χ1) is 11.8. The highest BCUT2D eigenvalue weighted by molar-refractivity contribution is 5.50. The fourth-order valence-electron chi connectivity index (χ4n) is 3.16. The summed E-state index contributed by atoms with van der Waals surface area (Å²) >= 11 is 0. The van der Waals surface area contributed by atoms with Crippen LogP contribution in [-0.4, -0.2) is 54.7 Å². The van der Waals surface area contributed by atoms with E-state index in [1.807, 2.05) is 12.1 Å². The standard InChI is InChI=1S/C18H26N2O4/c1-2-22-10-4-8-20-12-16-15-11-19(7-3-9-21)13-23-17(15)5-6-18(16)24-14-20/h2,5-6,21H,1,3-4,7-14H2. The highest BCUT2D eigenvalue weighted by atomic mass is 16.5. The molecule has 1 N–H and O–H groups in total. The third kappa shape index (κ3) is 4.01. The fraction of sp³-hybridized carbons (Fsp3) is 0.556. The lowest BCUT2D eigenvalue weighted by molar-refractivity contribution is 0.0725. The van der Waals surface area contributed by atoms with Crippen LogP contribution < -0.4 is 9.47 Å². The molecule has 3 rings (SSSR count). The van der Waals surface area contributed by atoms with Crippen molar-refractivity contribution in [2.75, 3.05) is 39.8 Å². The van der Waals surface area contributed by atoms with Gasteiger partial charge in [-0.25, -0.2) is 0 Å². The Bertz CT molecular complexity index is 564. The van der Waals surface area contributed by atoms with E-state index in [1.54, 1.807) is 0 Å². The smallest absolute Gasteiger partial charge is 0.142 e. The summed E-state index contributed by atoms with van der Waals surface area (Å²) < 4.78 is 17.0. The molecule has 0 fully saturated rings. The van der Waals surface area contributed by atoms with Gasteiger partial charge in [0.05, 0.1) is 12.9 Å². The molecule has 0 aromatic heterocycles. The lowest BCUT2D eigenvalue weighted by Crippen LogP contribution is -2.37. The van der Waals surface area contributed by atoms with Crippen molar-refractivity contribution >= 4 is 0 Å². The number of aliphatic hydroxyl groups excluding tert-OH is 1. The first kappa shape index (κ1) is 17.1. The summed E-state index contributed by atoms with van der Waals surface area (Å²) in [5.41, 5.74) is 2.43. The van der Waals surface area contributed by atoms with Crippen molar-refractivity contribution in [3.8, 4) is 11.5 Å². The van der Waals surface area contributed by atoms with Crippen LogP contribution in [0.25, 0.3) is 0 Å². The summed E-state index contributed by atoms with van der Waals surface area (Å²) in [5.74, 6) is 1.91. The summed E-state index contributed by atoms with van der Waals surface area (Å²) in [6, 6.07) is 4.01. The number of nitrogens with zero attached hydrogens (tertiary/aromatic N) is 2. The first-order valence-electron chi connectivity index (χ1n) is 8.50. The van der Waals surface area contributed by atoms with Gasteiger partial charge in [-0.2, -0.15) is 0 Å². The Labute approximate surface area is 143 Å². The zero-order chi connectivity index (χ0) is 16.8. The zero-order valence-corrected chi connectivity index (χ0v) is 14.1. The largest absolute Gasteiger partial charge is 0.502 e. The monoisotopic (exact) mass is 334 g/mol. The van der Waals surface area contributed by atoms with Gasteiger partial charge in [-0.15, -0.1) is 0 Å². The van der Waals surface area contributed by atoms with Crippen molar-refractivity contribution < 1.29 is 19.3 Å². The second-order valence-electron chi connectivity index (χ2n) is 6.14. The molecular weight excluding hydrogens is 308 g/mol. The molecule has 2 aliphatic heterocycles. The van der Waals surface area contributed by atoms with Crippen LogP contribution in [0.5, 0.6) is 11.5 Å². The Kier molecular flexibility index (Phi) is 5.96. The van der Waals surface area contributed by atoms with Gasteiger partial charge in [0.2, 0.25) is 0 Å². The normalized spacial score (nSPS) is 17.4. The third-order valence-corrected chi connectivity index (χ3v) is 4.40.